The summed E-state index contributed by atoms with van der Waals surface area (Å²) >= 11 is 0. The molecule has 144 valence electrons. The molecule has 1 heterocycles. The van der Waals surface area contributed by atoms with E-state index in [9.17, 15) is 5.11 Å². The Labute approximate surface area is 165 Å². The van der Waals surface area contributed by atoms with Crippen molar-refractivity contribution in [2.45, 2.75) is 6.17 Å². The SMILES string of the molecule is COc1ccc(N2CCN(c3ccc(OC)cc3)C2c2ccccc2O)cc1. The first-order valence-corrected chi connectivity index (χ1v) is 9.30. The molecule has 1 saturated heterocycles. The van der Waals surface area contributed by atoms with Gasteiger partial charge in [-0.25, -0.2) is 0 Å². The topological polar surface area (TPSA) is 45.2 Å². The van der Waals surface area contributed by atoms with Gasteiger partial charge in [0.2, 0.25) is 0 Å². The maximum absolute atomic E-state index is 10.6. The summed E-state index contributed by atoms with van der Waals surface area (Å²) in [6.45, 7) is 1.69. The number of para-hydroxylation sites is 1. The minimum absolute atomic E-state index is 0.108. The highest BCUT2D eigenvalue weighted by Gasteiger charge is 2.35. The van der Waals surface area contributed by atoms with Crippen LogP contribution < -0.4 is 19.3 Å². The van der Waals surface area contributed by atoms with Crippen LogP contribution in [0.1, 0.15) is 11.7 Å². The summed E-state index contributed by atoms with van der Waals surface area (Å²) in [7, 11) is 3.34. The van der Waals surface area contributed by atoms with Crippen molar-refractivity contribution in [1.82, 2.24) is 0 Å². The molecule has 0 bridgehead atoms. The van der Waals surface area contributed by atoms with Crippen LogP contribution in [-0.4, -0.2) is 32.4 Å². The summed E-state index contributed by atoms with van der Waals surface area (Å²) in [5.74, 6) is 1.95. The smallest absolute Gasteiger partial charge is 0.132 e. The lowest BCUT2D eigenvalue weighted by Gasteiger charge is -2.33. The second kappa shape index (κ2) is 7.72. The molecule has 1 fully saturated rings. The van der Waals surface area contributed by atoms with E-state index in [-0.39, 0.29) is 6.17 Å². The maximum atomic E-state index is 10.6. The molecule has 0 unspecified atom stereocenters. The minimum atomic E-state index is -0.108. The van der Waals surface area contributed by atoms with Crippen LogP contribution in [0.25, 0.3) is 0 Å². The number of phenols is 1. The number of benzene rings is 3. The van der Waals surface area contributed by atoms with Gasteiger partial charge in [-0.1, -0.05) is 18.2 Å². The average molecular weight is 376 g/mol. The molecule has 0 atom stereocenters. The molecule has 0 radical (unpaired) electrons. The van der Waals surface area contributed by atoms with Crippen molar-refractivity contribution in [3.05, 3.63) is 78.4 Å². The second-order valence-corrected chi connectivity index (χ2v) is 6.72. The Bertz CT molecular complexity index is 870. The van der Waals surface area contributed by atoms with Crippen LogP contribution in [0.5, 0.6) is 17.2 Å². The number of ether oxygens (including phenoxy) is 2. The van der Waals surface area contributed by atoms with E-state index in [1.807, 2.05) is 42.5 Å². The standard InChI is InChI=1S/C23H24N2O3/c1-27-19-11-7-17(8-12-19)24-15-16-25(18-9-13-20(28-2)14-10-18)23(24)21-5-3-4-6-22(21)26/h3-14,23,26H,15-16H2,1-2H3. The normalized spacial score (nSPS) is 14.4. The first kappa shape index (κ1) is 18.0. The maximum Gasteiger partial charge on any atom is 0.132 e. The number of rotatable bonds is 5. The second-order valence-electron chi connectivity index (χ2n) is 6.72. The Morgan fingerprint density at radius 1 is 0.714 bits per heavy atom. The number of nitrogens with zero attached hydrogens (tertiary/aromatic N) is 2. The molecule has 1 N–H and O–H groups in total. The zero-order valence-electron chi connectivity index (χ0n) is 16.1. The van der Waals surface area contributed by atoms with Gasteiger partial charge < -0.3 is 24.4 Å². The van der Waals surface area contributed by atoms with E-state index in [4.69, 9.17) is 9.47 Å². The van der Waals surface area contributed by atoms with Crippen LogP contribution in [0, 0.1) is 0 Å². The van der Waals surface area contributed by atoms with Crippen molar-refractivity contribution in [3.63, 3.8) is 0 Å². The Balaban J connectivity index is 1.74. The summed E-state index contributed by atoms with van der Waals surface area (Å²) in [5, 5.41) is 10.6. The molecule has 28 heavy (non-hydrogen) atoms. The van der Waals surface area contributed by atoms with Crippen LogP contribution in [0.3, 0.4) is 0 Å². The largest absolute Gasteiger partial charge is 0.508 e. The van der Waals surface area contributed by atoms with Crippen LogP contribution in [0.2, 0.25) is 0 Å². The van der Waals surface area contributed by atoms with Crippen LogP contribution in [0.15, 0.2) is 72.8 Å². The fourth-order valence-electron chi connectivity index (χ4n) is 3.76. The first-order valence-electron chi connectivity index (χ1n) is 9.30. The lowest BCUT2D eigenvalue weighted by molar-refractivity contribution is 0.414. The highest BCUT2D eigenvalue weighted by atomic mass is 16.5. The van der Waals surface area contributed by atoms with Gasteiger partial charge in [0.25, 0.3) is 0 Å². The van der Waals surface area contributed by atoms with Crippen molar-refractivity contribution >= 4 is 11.4 Å². The molecule has 3 aromatic carbocycles. The van der Waals surface area contributed by atoms with E-state index in [1.165, 1.54) is 0 Å². The average Bonchev–Trinajstić information content (AvgIpc) is 3.19. The van der Waals surface area contributed by atoms with Gasteiger partial charge in [-0.3, -0.25) is 0 Å². The molecule has 5 nitrogen and oxygen atoms in total. The molecule has 1 aliphatic rings. The monoisotopic (exact) mass is 376 g/mol. The van der Waals surface area contributed by atoms with E-state index >= 15 is 0 Å². The molecule has 0 saturated carbocycles. The first-order chi connectivity index (χ1) is 13.7. The Morgan fingerprint density at radius 3 is 1.61 bits per heavy atom. The predicted octanol–water partition coefficient (Wildman–Crippen LogP) is 4.43. The van der Waals surface area contributed by atoms with E-state index in [1.54, 1.807) is 20.3 Å². The fourth-order valence-corrected chi connectivity index (χ4v) is 3.76. The molecule has 0 aromatic heterocycles. The minimum Gasteiger partial charge on any atom is -0.508 e. The van der Waals surface area contributed by atoms with Crippen LogP contribution in [0.4, 0.5) is 11.4 Å². The number of aromatic hydroxyl groups is 1. The molecule has 4 rings (SSSR count). The zero-order chi connectivity index (χ0) is 19.5. The van der Waals surface area contributed by atoms with Crippen molar-refractivity contribution < 1.29 is 14.6 Å². The van der Waals surface area contributed by atoms with Gasteiger partial charge >= 0.3 is 0 Å². The predicted molar refractivity (Wildman–Crippen MR) is 112 cm³/mol. The lowest BCUT2D eigenvalue weighted by Crippen LogP contribution is -2.31. The Hall–Kier alpha value is -3.34. The molecule has 0 aliphatic carbocycles. The van der Waals surface area contributed by atoms with Gasteiger partial charge in [0.15, 0.2) is 0 Å². The third-order valence-corrected chi connectivity index (χ3v) is 5.20. The summed E-state index contributed by atoms with van der Waals surface area (Å²) in [6.07, 6.45) is -0.108. The third kappa shape index (κ3) is 3.31. The number of methoxy groups -OCH3 is 2. The van der Waals surface area contributed by atoms with Crippen LogP contribution in [-0.2, 0) is 0 Å². The lowest BCUT2D eigenvalue weighted by atomic mass is 10.1. The van der Waals surface area contributed by atoms with E-state index in [2.05, 4.69) is 34.1 Å². The van der Waals surface area contributed by atoms with Gasteiger partial charge in [0.1, 0.15) is 23.4 Å². The number of hydrogen-bond donors (Lipinski definition) is 1. The van der Waals surface area contributed by atoms with Gasteiger partial charge in [-0.15, -0.1) is 0 Å². The van der Waals surface area contributed by atoms with Crippen molar-refractivity contribution in [2.75, 3.05) is 37.1 Å². The van der Waals surface area contributed by atoms with Crippen molar-refractivity contribution in [2.24, 2.45) is 0 Å². The Kier molecular flexibility index (Phi) is 4.98. The van der Waals surface area contributed by atoms with Gasteiger partial charge in [-0.2, -0.15) is 0 Å². The number of anilines is 2. The summed E-state index contributed by atoms with van der Waals surface area (Å²) < 4.78 is 10.6. The van der Waals surface area contributed by atoms with E-state index < -0.39 is 0 Å². The third-order valence-electron chi connectivity index (χ3n) is 5.20. The molecule has 5 heteroatoms. The summed E-state index contributed by atoms with van der Waals surface area (Å²) in [5.41, 5.74) is 3.06. The molecular weight excluding hydrogens is 352 g/mol. The zero-order valence-corrected chi connectivity index (χ0v) is 16.1. The van der Waals surface area contributed by atoms with Crippen molar-refractivity contribution in [1.29, 1.82) is 0 Å². The molecule has 0 amide bonds. The Morgan fingerprint density at radius 2 is 1.18 bits per heavy atom. The molecular formula is C23H24N2O3. The van der Waals surface area contributed by atoms with Crippen molar-refractivity contribution in [3.8, 4) is 17.2 Å². The van der Waals surface area contributed by atoms with Crippen LogP contribution >= 0.6 is 0 Å². The summed E-state index contributed by atoms with van der Waals surface area (Å²) in [4.78, 5) is 4.61. The highest BCUT2D eigenvalue weighted by Crippen LogP contribution is 2.41. The summed E-state index contributed by atoms with van der Waals surface area (Å²) in [6, 6.07) is 23.6. The van der Waals surface area contributed by atoms with E-state index in [0.717, 1.165) is 41.5 Å². The van der Waals surface area contributed by atoms with Gasteiger partial charge in [0.05, 0.1) is 14.2 Å². The molecule has 3 aromatic rings. The van der Waals surface area contributed by atoms with E-state index in [0.29, 0.717) is 5.75 Å². The molecule has 1 aliphatic heterocycles. The van der Waals surface area contributed by atoms with Gasteiger partial charge in [-0.05, 0) is 54.6 Å². The number of phenolic OH excluding ortho intramolecular Hbond substituents is 1. The van der Waals surface area contributed by atoms with Gasteiger partial charge in [0, 0.05) is 30.0 Å². The molecule has 0 spiro atoms. The highest BCUT2D eigenvalue weighted by molar-refractivity contribution is 5.61. The number of hydrogen-bond acceptors (Lipinski definition) is 5. The quantitative estimate of drug-likeness (QED) is 0.713. The fraction of sp³-hybridized carbons (Fsp3) is 0.217.